The van der Waals surface area contributed by atoms with Gasteiger partial charge in [0, 0.05) is 0 Å². The summed E-state index contributed by atoms with van der Waals surface area (Å²) in [5.74, 6) is -2.69. The highest BCUT2D eigenvalue weighted by Gasteiger charge is 2.37. The number of carbonyl (C=O) groups excluding carboxylic acids is 3. The third-order valence-corrected chi connectivity index (χ3v) is 4.31. The molecule has 0 radical (unpaired) electrons. The molecule has 3 rings (SSSR count). The smallest absolute Gasteiger partial charge is 0.297 e. The Kier molecular flexibility index (Phi) is 3.35. The second-order valence-electron chi connectivity index (χ2n) is 4.40. The van der Waals surface area contributed by atoms with Gasteiger partial charge in [0.15, 0.2) is 5.78 Å². The summed E-state index contributed by atoms with van der Waals surface area (Å²) in [7, 11) is 0. The quantitative estimate of drug-likeness (QED) is 0.644. The van der Waals surface area contributed by atoms with Crippen LogP contribution in [0.1, 0.15) is 20.0 Å². The topological polar surface area (TPSA) is 54.5 Å². The molecule has 2 heterocycles. The lowest BCUT2D eigenvalue weighted by atomic mass is 10.1. The third-order valence-electron chi connectivity index (χ3n) is 3.11. The number of ketones is 2. The largest absolute Gasteiger partial charge is 0.299 e. The molecule has 0 unspecified atom stereocenters. The van der Waals surface area contributed by atoms with Gasteiger partial charge < -0.3 is 0 Å². The lowest BCUT2D eigenvalue weighted by Gasteiger charge is -2.15. The van der Waals surface area contributed by atoms with Crippen LogP contribution in [0.5, 0.6) is 0 Å². The van der Waals surface area contributed by atoms with Crippen molar-refractivity contribution in [2.24, 2.45) is 0 Å². The van der Waals surface area contributed by atoms with Crippen LogP contribution in [0, 0.1) is 5.82 Å². The molecule has 0 saturated carbocycles. The van der Waals surface area contributed by atoms with Crippen LogP contribution in [-0.2, 0) is 4.79 Å². The Morgan fingerprint density at radius 3 is 2.76 bits per heavy atom. The molecule has 1 aromatic heterocycles. The molecule has 1 amide bonds. The average molecular weight is 324 g/mol. The van der Waals surface area contributed by atoms with Gasteiger partial charge in [-0.2, -0.15) is 0 Å². The van der Waals surface area contributed by atoms with Crippen molar-refractivity contribution in [1.29, 1.82) is 0 Å². The Labute approximate surface area is 127 Å². The maximum Gasteiger partial charge on any atom is 0.299 e. The maximum absolute atomic E-state index is 13.5. The number of thiophene rings is 1. The molecular weight excluding hydrogens is 317 g/mol. The molecule has 106 valence electrons. The highest BCUT2D eigenvalue weighted by atomic mass is 35.5. The molecule has 7 heteroatoms. The van der Waals surface area contributed by atoms with Crippen LogP contribution in [0.25, 0.3) is 0 Å². The Morgan fingerprint density at radius 2 is 2.10 bits per heavy atom. The Bertz CT molecular complexity index is 773. The van der Waals surface area contributed by atoms with E-state index in [9.17, 15) is 18.8 Å². The number of rotatable bonds is 3. The molecule has 0 N–H and O–H groups in total. The normalized spacial score (nSPS) is 13.7. The van der Waals surface area contributed by atoms with Gasteiger partial charge in [0.05, 0.1) is 27.7 Å². The minimum atomic E-state index is -0.850. The number of nitrogens with zero attached hydrogens (tertiary/aromatic N) is 1. The number of hydrogen-bond donors (Lipinski definition) is 0. The number of halogens is 2. The monoisotopic (exact) mass is 323 g/mol. The van der Waals surface area contributed by atoms with Gasteiger partial charge in [-0.05, 0) is 23.6 Å². The first kappa shape index (κ1) is 13.9. The number of hydrogen-bond acceptors (Lipinski definition) is 4. The van der Waals surface area contributed by atoms with Gasteiger partial charge in [0.1, 0.15) is 5.82 Å². The van der Waals surface area contributed by atoms with E-state index in [1.807, 2.05) is 0 Å². The van der Waals surface area contributed by atoms with Crippen LogP contribution >= 0.6 is 22.9 Å². The third kappa shape index (κ3) is 2.26. The first-order chi connectivity index (χ1) is 9.99. The minimum absolute atomic E-state index is 0.0189. The number of fused-ring (bicyclic) bond motifs is 1. The van der Waals surface area contributed by atoms with Crippen molar-refractivity contribution >= 4 is 46.1 Å². The van der Waals surface area contributed by atoms with Crippen molar-refractivity contribution in [3.8, 4) is 0 Å². The summed E-state index contributed by atoms with van der Waals surface area (Å²) in [4.78, 5) is 37.3. The molecule has 4 nitrogen and oxygen atoms in total. The standard InChI is InChI=1S/C14H7ClFNO3S/c15-8-4-7-10(5-9(8)16)17(14(20)13(7)19)6-11(18)12-2-1-3-21-12/h1-5H,6H2. The van der Waals surface area contributed by atoms with E-state index in [4.69, 9.17) is 11.6 Å². The van der Waals surface area contributed by atoms with E-state index < -0.39 is 17.5 Å². The predicted molar refractivity (Wildman–Crippen MR) is 76.7 cm³/mol. The van der Waals surface area contributed by atoms with Gasteiger partial charge in [-0.15, -0.1) is 11.3 Å². The molecule has 0 fully saturated rings. The van der Waals surface area contributed by atoms with Gasteiger partial charge in [-0.1, -0.05) is 17.7 Å². The van der Waals surface area contributed by atoms with Crippen LogP contribution < -0.4 is 4.90 Å². The second kappa shape index (κ2) is 5.05. The molecule has 0 aliphatic carbocycles. The summed E-state index contributed by atoms with van der Waals surface area (Å²) in [6.45, 7) is -0.306. The zero-order valence-electron chi connectivity index (χ0n) is 10.4. The van der Waals surface area contributed by atoms with E-state index in [-0.39, 0.29) is 28.6 Å². The first-order valence-corrected chi connectivity index (χ1v) is 7.16. The summed E-state index contributed by atoms with van der Waals surface area (Å²) < 4.78 is 13.5. The lowest BCUT2D eigenvalue weighted by Crippen LogP contribution is -2.34. The number of amides is 1. The fraction of sp³-hybridized carbons (Fsp3) is 0.0714. The van der Waals surface area contributed by atoms with E-state index in [2.05, 4.69) is 0 Å². The molecule has 2 aromatic rings. The van der Waals surface area contributed by atoms with Crippen molar-refractivity contribution in [1.82, 2.24) is 0 Å². The van der Waals surface area contributed by atoms with Gasteiger partial charge in [-0.25, -0.2) is 4.39 Å². The van der Waals surface area contributed by atoms with Gasteiger partial charge >= 0.3 is 0 Å². The lowest BCUT2D eigenvalue weighted by molar-refractivity contribution is -0.114. The SMILES string of the molecule is O=C(CN1C(=O)C(=O)c2cc(Cl)c(F)cc21)c1cccs1. The van der Waals surface area contributed by atoms with Crippen molar-refractivity contribution in [3.63, 3.8) is 0 Å². The van der Waals surface area contributed by atoms with E-state index in [1.165, 1.54) is 11.3 Å². The predicted octanol–water partition coefficient (Wildman–Crippen LogP) is 2.95. The van der Waals surface area contributed by atoms with Gasteiger partial charge in [0.2, 0.25) is 0 Å². The molecule has 1 aliphatic heterocycles. The van der Waals surface area contributed by atoms with E-state index in [1.54, 1.807) is 17.5 Å². The maximum atomic E-state index is 13.5. The van der Waals surface area contributed by atoms with Crippen LogP contribution in [-0.4, -0.2) is 24.0 Å². The summed E-state index contributed by atoms with van der Waals surface area (Å²) in [5.41, 5.74) is 0.0992. The number of Topliss-reactive ketones (excluding diaryl/α,β-unsaturated/α-hetero) is 2. The molecule has 1 aromatic carbocycles. The molecule has 0 saturated heterocycles. The van der Waals surface area contributed by atoms with Gasteiger partial charge in [0.25, 0.3) is 11.7 Å². The summed E-state index contributed by atoms with van der Waals surface area (Å²) in [6, 6.07) is 5.45. The van der Waals surface area contributed by atoms with Crippen molar-refractivity contribution in [3.05, 3.63) is 50.9 Å². The van der Waals surface area contributed by atoms with Crippen LogP contribution in [0.2, 0.25) is 5.02 Å². The summed E-state index contributed by atoms with van der Waals surface area (Å²) in [5, 5.41) is 1.50. The van der Waals surface area contributed by atoms with Crippen molar-refractivity contribution in [2.75, 3.05) is 11.4 Å². The zero-order chi connectivity index (χ0) is 15.1. The Morgan fingerprint density at radius 1 is 1.33 bits per heavy atom. The summed E-state index contributed by atoms with van der Waals surface area (Å²) >= 11 is 6.85. The molecule has 21 heavy (non-hydrogen) atoms. The number of benzene rings is 1. The van der Waals surface area contributed by atoms with Crippen molar-refractivity contribution in [2.45, 2.75) is 0 Å². The Balaban J connectivity index is 1.98. The number of anilines is 1. The molecular formula is C14H7ClFNO3S. The molecule has 1 aliphatic rings. The zero-order valence-corrected chi connectivity index (χ0v) is 12.0. The minimum Gasteiger partial charge on any atom is -0.297 e. The number of carbonyl (C=O) groups is 3. The van der Waals surface area contributed by atoms with Gasteiger partial charge in [-0.3, -0.25) is 19.3 Å². The van der Waals surface area contributed by atoms with E-state index >= 15 is 0 Å². The Hall–Kier alpha value is -2.05. The summed E-state index contributed by atoms with van der Waals surface area (Å²) in [6.07, 6.45) is 0. The van der Waals surface area contributed by atoms with Crippen LogP contribution in [0.4, 0.5) is 10.1 Å². The van der Waals surface area contributed by atoms with E-state index in [0.29, 0.717) is 4.88 Å². The van der Waals surface area contributed by atoms with Crippen molar-refractivity contribution < 1.29 is 18.8 Å². The molecule has 0 spiro atoms. The highest BCUT2D eigenvalue weighted by molar-refractivity contribution is 7.12. The second-order valence-corrected chi connectivity index (χ2v) is 5.76. The fourth-order valence-electron chi connectivity index (χ4n) is 2.10. The van der Waals surface area contributed by atoms with E-state index in [0.717, 1.165) is 17.0 Å². The van der Waals surface area contributed by atoms with Crippen LogP contribution in [0.15, 0.2) is 29.6 Å². The first-order valence-electron chi connectivity index (χ1n) is 5.91. The fourth-order valence-corrected chi connectivity index (χ4v) is 2.92. The highest BCUT2D eigenvalue weighted by Crippen LogP contribution is 2.33. The molecule has 0 bridgehead atoms. The molecule has 0 atom stereocenters. The van der Waals surface area contributed by atoms with Crippen LogP contribution in [0.3, 0.4) is 0 Å². The average Bonchev–Trinajstić information content (AvgIpc) is 3.05.